The Morgan fingerprint density at radius 1 is 0.887 bits per heavy atom. The molecule has 0 radical (unpaired) electrons. The van der Waals surface area contributed by atoms with E-state index in [0.717, 1.165) is 25.1 Å². The number of alkyl carbamates (subject to hydrolysis) is 1. The monoisotopic (exact) mass is 875 g/mol. The van der Waals surface area contributed by atoms with Crippen LogP contribution in [0.3, 0.4) is 0 Å². The molecule has 6 N–H and O–H groups in total. The Hall–Kier alpha value is -4.78. The molecule has 1 aliphatic heterocycles. The summed E-state index contributed by atoms with van der Waals surface area (Å²) < 4.78 is 51.1. The Morgan fingerprint density at radius 3 is 2.32 bits per heavy atom. The topological polar surface area (TPSA) is 205 Å². The van der Waals surface area contributed by atoms with Gasteiger partial charge in [0.05, 0.1) is 42.8 Å². The Balaban J connectivity index is 1.05. The number of aromatic nitrogens is 2. The second-order valence-electron chi connectivity index (χ2n) is 18.1. The number of anilines is 1. The minimum Gasteiger partial charge on any atom is -0.449 e. The zero-order valence-electron chi connectivity index (χ0n) is 36.5. The molecule has 2 saturated carbocycles. The Labute approximate surface area is 361 Å². The predicted octanol–water partition coefficient (Wildman–Crippen LogP) is 4.43. The third-order valence-electron chi connectivity index (χ3n) is 11.4. The molecule has 0 unspecified atom stereocenters. The van der Waals surface area contributed by atoms with E-state index >= 15 is 0 Å². The van der Waals surface area contributed by atoms with Crippen LogP contribution in [0.25, 0.3) is 10.9 Å². The van der Waals surface area contributed by atoms with Gasteiger partial charge in [-0.15, -0.1) is 0 Å². The number of nitrogens with zero attached hydrogens (tertiary/aromatic N) is 3. The van der Waals surface area contributed by atoms with Gasteiger partial charge in [0.1, 0.15) is 24.8 Å². The lowest BCUT2D eigenvalue weighted by atomic mass is 9.83. The highest BCUT2D eigenvalue weighted by Crippen LogP contribution is 2.34. The summed E-state index contributed by atoms with van der Waals surface area (Å²) in [7, 11) is 0. The van der Waals surface area contributed by atoms with Crippen molar-refractivity contribution in [1.82, 2.24) is 41.5 Å². The smallest absolute Gasteiger partial charge is 0.416 e. The maximum absolute atomic E-state index is 14.0. The first kappa shape index (κ1) is 48.3. The van der Waals surface area contributed by atoms with E-state index in [9.17, 15) is 37.1 Å². The average molecular weight is 876 g/mol. The number of likely N-dealkylation sites (tertiary alicyclic amines) is 1. The fourth-order valence-corrected chi connectivity index (χ4v) is 8.25. The number of hydrogen-bond donors (Lipinski definition) is 6. The van der Waals surface area contributed by atoms with Gasteiger partial charge in [0.15, 0.2) is 0 Å². The summed E-state index contributed by atoms with van der Waals surface area (Å²) >= 11 is 0. The number of rotatable bonds is 18. The molecule has 4 atom stereocenters. The molecule has 2 heterocycles. The highest BCUT2D eigenvalue weighted by molar-refractivity contribution is 5.93. The number of benzene rings is 1. The maximum atomic E-state index is 14.0. The van der Waals surface area contributed by atoms with Gasteiger partial charge in [0.2, 0.25) is 23.6 Å². The van der Waals surface area contributed by atoms with Gasteiger partial charge >= 0.3 is 12.3 Å². The van der Waals surface area contributed by atoms with Crippen molar-refractivity contribution >= 4 is 46.4 Å². The summed E-state index contributed by atoms with van der Waals surface area (Å²) in [5.74, 6) is -0.326. The molecule has 0 bridgehead atoms. The van der Waals surface area contributed by atoms with E-state index in [4.69, 9.17) is 9.47 Å². The number of carbonyl (C=O) groups excluding carboxylic acids is 5. The number of halogens is 3. The number of ether oxygens (including phenoxy) is 2. The minimum absolute atomic E-state index is 0.0213. The van der Waals surface area contributed by atoms with Gasteiger partial charge in [-0.1, -0.05) is 13.8 Å². The minimum atomic E-state index is -4.55. The molecule has 3 aliphatic rings. The van der Waals surface area contributed by atoms with E-state index in [1.54, 1.807) is 0 Å². The van der Waals surface area contributed by atoms with E-state index < -0.39 is 29.4 Å². The standard InChI is InChI=1S/C43H64F3N9O7/c1-26(2)24-48-30-11-13-35(55-18-14-33(40(55)59)52-38-31-22-28(43(44,45)46)8-12-32(31)49-25-50-38)34(23-30)53-39(58)27-6-9-29(10-7-27)51-37(57)15-19-61-21-17-47-36(56)16-20-62-41(60)54-42(3,4)5/h8,12,22,25-27,29-30,33-35,48H,6-7,9-11,13-21,23-24H2,1-5H3,(H,47,56)(H,51,57)(H,53,58)(H,54,60)(H,49,50,52)/t27?,29?,30-,33+,34-,35+/m1/s1. The first-order valence-electron chi connectivity index (χ1n) is 21.9. The Morgan fingerprint density at radius 2 is 1.61 bits per heavy atom. The van der Waals surface area contributed by atoms with E-state index in [1.807, 2.05) is 25.7 Å². The van der Waals surface area contributed by atoms with Gasteiger partial charge in [0, 0.05) is 48.4 Å². The number of hydrogen-bond acceptors (Lipinski definition) is 11. The molecule has 1 aromatic heterocycles. The van der Waals surface area contributed by atoms with E-state index in [0.29, 0.717) is 62.9 Å². The van der Waals surface area contributed by atoms with Crippen molar-refractivity contribution in [2.45, 2.75) is 141 Å². The number of amides is 5. The largest absolute Gasteiger partial charge is 0.449 e. The predicted molar refractivity (Wildman–Crippen MR) is 226 cm³/mol. The fraction of sp³-hybridized carbons (Fsp3) is 0.698. The van der Waals surface area contributed by atoms with Gasteiger partial charge in [-0.3, -0.25) is 19.2 Å². The molecule has 5 rings (SSSR count). The van der Waals surface area contributed by atoms with Crippen LogP contribution in [0.1, 0.15) is 104 Å². The summed E-state index contributed by atoms with van der Waals surface area (Å²) in [4.78, 5) is 74.3. The van der Waals surface area contributed by atoms with Crippen LogP contribution in [0.15, 0.2) is 24.5 Å². The van der Waals surface area contributed by atoms with Gasteiger partial charge in [-0.2, -0.15) is 13.2 Å². The van der Waals surface area contributed by atoms with E-state index in [-0.39, 0.29) is 104 Å². The van der Waals surface area contributed by atoms with E-state index in [1.165, 1.54) is 12.4 Å². The number of fused-ring (bicyclic) bond motifs is 1. The number of alkyl halides is 3. The van der Waals surface area contributed by atoms with Crippen molar-refractivity contribution in [2.75, 3.05) is 44.8 Å². The molecule has 1 saturated heterocycles. The Bertz CT molecular complexity index is 1850. The molecule has 1 aromatic carbocycles. The fourth-order valence-electron chi connectivity index (χ4n) is 8.25. The molecule has 16 nitrogen and oxygen atoms in total. The highest BCUT2D eigenvalue weighted by Gasteiger charge is 2.43. The van der Waals surface area contributed by atoms with Crippen molar-refractivity contribution < 1.29 is 46.6 Å². The lowest BCUT2D eigenvalue weighted by molar-refractivity contribution is -0.137. The molecule has 344 valence electrons. The van der Waals surface area contributed by atoms with Crippen LogP contribution in [0.5, 0.6) is 0 Å². The quantitative estimate of drug-likeness (QED) is 0.116. The molecule has 2 aromatic rings. The normalized spacial score (nSPS) is 23.2. The second-order valence-corrected chi connectivity index (χ2v) is 18.1. The van der Waals surface area contributed by atoms with Crippen LogP contribution in [-0.2, 0) is 34.8 Å². The van der Waals surface area contributed by atoms with Crippen LogP contribution >= 0.6 is 0 Å². The summed E-state index contributed by atoms with van der Waals surface area (Å²) in [5.41, 5.74) is -0.934. The molecule has 5 amide bonds. The van der Waals surface area contributed by atoms with Crippen LogP contribution in [0.2, 0.25) is 0 Å². The third-order valence-corrected chi connectivity index (χ3v) is 11.4. The van der Waals surface area contributed by atoms with Crippen molar-refractivity contribution in [1.29, 1.82) is 0 Å². The number of nitrogens with one attached hydrogen (secondary N) is 6. The highest BCUT2D eigenvalue weighted by atomic mass is 19.4. The zero-order chi connectivity index (χ0) is 45.0. The van der Waals surface area contributed by atoms with Gasteiger partial charge in [0.25, 0.3) is 0 Å². The van der Waals surface area contributed by atoms with Crippen molar-refractivity contribution in [3.63, 3.8) is 0 Å². The molecule has 3 fully saturated rings. The second kappa shape index (κ2) is 22.0. The third kappa shape index (κ3) is 14.7. The lowest BCUT2D eigenvalue weighted by Crippen LogP contribution is -2.59. The lowest BCUT2D eigenvalue weighted by Gasteiger charge is -2.42. The molecular weight excluding hydrogens is 812 g/mol. The average Bonchev–Trinajstić information content (AvgIpc) is 3.56. The van der Waals surface area contributed by atoms with Crippen molar-refractivity contribution in [3.8, 4) is 0 Å². The molecule has 19 heteroatoms. The van der Waals surface area contributed by atoms with Crippen LogP contribution < -0.4 is 31.9 Å². The van der Waals surface area contributed by atoms with Crippen molar-refractivity contribution in [2.24, 2.45) is 11.8 Å². The van der Waals surface area contributed by atoms with Crippen LogP contribution in [0.4, 0.5) is 23.8 Å². The van der Waals surface area contributed by atoms with Crippen LogP contribution in [0, 0.1) is 11.8 Å². The van der Waals surface area contributed by atoms with Crippen molar-refractivity contribution in [3.05, 3.63) is 30.1 Å². The van der Waals surface area contributed by atoms with E-state index in [2.05, 4.69) is 55.7 Å². The van der Waals surface area contributed by atoms with Gasteiger partial charge < -0.3 is 46.3 Å². The summed E-state index contributed by atoms with van der Waals surface area (Å²) in [6.07, 6.45) is 1.36. The summed E-state index contributed by atoms with van der Waals surface area (Å²) in [5, 5.41) is 18.6. The van der Waals surface area contributed by atoms with Gasteiger partial charge in [-0.05, 0) is 103 Å². The molecule has 62 heavy (non-hydrogen) atoms. The molecule has 0 spiro atoms. The maximum Gasteiger partial charge on any atom is 0.416 e. The summed E-state index contributed by atoms with van der Waals surface area (Å²) in [6.45, 7) is 11.6. The number of carbonyl (C=O) groups is 5. The van der Waals surface area contributed by atoms with Gasteiger partial charge in [-0.25, -0.2) is 14.8 Å². The first-order chi connectivity index (χ1) is 29.4. The Kier molecular flexibility index (Phi) is 17.1. The molecular formula is C43H64F3N9O7. The SMILES string of the molecule is CC(C)CN[C@@H]1CC[C@H](N2CC[C@H](Nc3ncnc4ccc(C(F)(F)F)cc34)C2=O)[C@H](NC(=O)C2CCC(NC(=O)CCOCCNC(=O)CCOC(=O)NC(C)(C)C)CC2)C1. The molecule has 2 aliphatic carbocycles. The zero-order valence-corrected chi connectivity index (χ0v) is 36.5. The first-order valence-corrected chi connectivity index (χ1v) is 21.9. The summed E-state index contributed by atoms with van der Waals surface area (Å²) in [6, 6.07) is 2.10. The van der Waals surface area contributed by atoms with Crippen LogP contribution in [-0.4, -0.2) is 120 Å².